The largest absolute Gasteiger partial charge is 0.335 e. The standard InChI is InChI=1S/C12H19NO/c1-2-12(14)13-9-10-7-5-3-4-6-8-11(10)13/h2,10-11H,1,3-9H2. The van der Waals surface area contributed by atoms with Crippen LogP contribution in [0.4, 0.5) is 0 Å². The molecule has 0 bridgehead atoms. The summed E-state index contributed by atoms with van der Waals surface area (Å²) in [4.78, 5) is 13.5. The van der Waals surface area contributed by atoms with Crippen LogP contribution in [0.1, 0.15) is 38.5 Å². The Morgan fingerprint density at radius 1 is 1.21 bits per heavy atom. The third-order valence-corrected chi connectivity index (χ3v) is 3.66. The second kappa shape index (κ2) is 4.16. The number of carbonyl (C=O) groups is 1. The molecule has 0 aromatic heterocycles. The summed E-state index contributed by atoms with van der Waals surface area (Å²) in [6.07, 6.45) is 9.38. The fraction of sp³-hybridized carbons (Fsp3) is 0.750. The lowest BCUT2D eigenvalue weighted by molar-refractivity contribution is -0.139. The Balaban J connectivity index is 1.94. The summed E-state index contributed by atoms with van der Waals surface area (Å²) in [5.41, 5.74) is 0. The Hall–Kier alpha value is -0.790. The Labute approximate surface area is 86.0 Å². The van der Waals surface area contributed by atoms with E-state index in [0.717, 1.165) is 12.5 Å². The summed E-state index contributed by atoms with van der Waals surface area (Å²) in [6, 6.07) is 0.542. The minimum absolute atomic E-state index is 0.131. The molecule has 1 heterocycles. The number of carbonyl (C=O) groups excluding carboxylic acids is 1. The van der Waals surface area contributed by atoms with E-state index >= 15 is 0 Å². The molecule has 2 heteroatoms. The van der Waals surface area contributed by atoms with Crippen LogP contribution in [0.25, 0.3) is 0 Å². The zero-order valence-electron chi connectivity index (χ0n) is 8.74. The molecule has 1 aliphatic carbocycles. The van der Waals surface area contributed by atoms with Crippen LogP contribution in [0, 0.1) is 5.92 Å². The van der Waals surface area contributed by atoms with E-state index in [0.29, 0.717) is 6.04 Å². The SMILES string of the molecule is C=CC(=O)N1CC2CCCCCCC21. The summed E-state index contributed by atoms with van der Waals surface area (Å²) in [6.45, 7) is 4.53. The summed E-state index contributed by atoms with van der Waals surface area (Å²) in [7, 11) is 0. The average Bonchev–Trinajstić information content (AvgIpc) is 2.16. The number of fused-ring (bicyclic) bond motifs is 1. The molecule has 1 amide bonds. The number of rotatable bonds is 1. The van der Waals surface area contributed by atoms with Crippen LogP contribution in [-0.4, -0.2) is 23.4 Å². The first-order chi connectivity index (χ1) is 6.83. The normalized spacial score (nSPS) is 32.1. The van der Waals surface area contributed by atoms with Gasteiger partial charge in [0.15, 0.2) is 0 Å². The molecule has 0 aromatic rings. The van der Waals surface area contributed by atoms with Gasteiger partial charge in [0, 0.05) is 12.6 Å². The maximum Gasteiger partial charge on any atom is 0.246 e. The van der Waals surface area contributed by atoms with Gasteiger partial charge in [-0.3, -0.25) is 4.79 Å². The van der Waals surface area contributed by atoms with Crippen molar-refractivity contribution in [3.63, 3.8) is 0 Å². The van der Waals surface area contributed by atoms with Crippen LogP contribution in [0.3, 0.4) is 0 Å². The highest BCUT2D eigenvalue weighted by atomic mass is 16.2. The van der Waals surface area contributed by atoms with E-state index < -0.39 is 0 Å². The topological polar surface area (TPSA) is 20.3 Å². The molecule has 2 atom stereocenters. The average molecular weight is 193 g/mol. The Kier molecular flexibility index (Phi) is 2.90. The van der Waals surface area contributed by atoms with E-state index in [-0.39, 0.29) is 5.91 Å². The maximum absolute atomic E-state index is 11.5. The molecule has 1 saturated heterocycles. The van der Waals surface area contributed by atoms with Crippen LogP contribution in [0.15, 0.2) is 12.7 Å². The lowest BCUT2D eigenvalue weighted by Gasteiger charge is -2.49. The summed E-state index contributed by atoms with van der Waals surface area (Å²) in [5, 5.41) is 0. The first-order valence-corrected chi connectivity index (χ1v) is 5.76. The molecular weight excluding hydrogens is 174 g/mol. The van der Waals surface area contributed by atoms with Gasteiger partial charge in [0.25, 0.3) is 0 Å². The molecule has 0 N–H and O–H groups in total. The van der Waals surface area contributed by atoms with Crippen LogP contribution < -0.4 is 0 Å². The molecule has 2 unspecified atom stereocenters. The summed E-state index contributed by atoms with van der Waals surface area (Å²) in [5.74, 6) is 0.922. The fourth-order valence-corrected chi connectivity index (χ4v) is 2.79. The van der Waals surface area contributed by atoms with Gasteiger partial charge in [-0.05, 0) is 24.8 Å². The van der Waals surface area contributed by atoms with Crippen LogP contribution in [0.2, 0.25) is 0 Å². The monoisotopic (exact) mass is 193 g/mol. The lowest BCUT2D eigenvalue weighted by Crippen LogP contribution is -2.58. The van der Waals surface area contributed by atoms with Crippen molar-refractivity contribution in [3.05, 3.63) is 12.7 Å². The molecule has 14 heavy (non-hydrogen) atoms. The van der Waals surface area contributed by atoms with Crippen LogP contribution in [0.5, 0.6) is 0 Å². The van der Waals surface area contributed by atoms with Crippen molar-refractivity contribution >= 4 is 5.91 Å². The second-order valence-electron chi connectivity index (χ2n) is 4.51. The number of likely N-dealkylation sites (tertiary alicyclic amines) is 1. The molecule has 0 aromatic carbocycles. The van der Waals surface area contributed by atoms with Crippen molar-refractivity contribution in [1.82, 2.24) is 4.90 Å². The quantitative estimate of drug-likeness (QED) is 0.585. The molecule has 0 spiro atoms. The van der Waals surface area contributed by atoms with Crippen molar-refractivity contribution in [2.75, 3.05) is 6.54 Å². The number of nitrogens with zero attached hydrogens (tertiary/aromatic N) is 1. The van der Waals surface area contributed by atoms with Gasteiger partial charge >= 0.3 is 0 Å². The third kappa shape index (κ3) is 1.70. The summed E-state index contributed by atoms with van der Waals surface area (Å²) >= 11 is 0. The van der Waals surface area contributed by atoms with Gasteiger partial charge in [0.05, 0.1) is 0 Å². The molecule has 2 aliphatic rings. The second-order valence-corrected chi connectivity index (χ2v) is 4.51. The number of hydrogen-bond donors (Lipinski definition) is 0. The zero-order chi connectivity index (χ0) is 9.97. The van der Waals surface area contributed by atoms with E-state index in [1.54, 1.807) is 0 Å². The highest BCUT2D eigenvalue weighted by Gasteiger charge is 2.40. The van der Waals surface area contributed by atoms with Gasteiger partial charge in [0.1, 0.15) is 0 Å². The molecule has 2 fully saturated rings. The summed E-state index contributed by atoms with van der Waals surface area (Å²) < 4.78 is 0. The van der Waals surface area contributed by atoms with Gasteiger partial charge in [-0.2, -0.15) is 0 Å². The lowest BCUT2D eigenvalue weighted by atomic mass is 9.79. The maximum atomic E-state index is 11.5. The van der Waals surface area contributed by atoms with Gasteiger partial charge in [-0.15, -0.1) is 0 Å². The van der Waals surface area contributed by atoms with E-state index in [4.69, 9.17) is 0 Å². The molecule has 2 nitrogen and oxygen atoms in total. The minimum atomic E-state index is 0.131. The first kappa shape index (κ1) is 9.75. The molecule has 78 valence electrons. The zero-order valence-corrected chi connectivity index (χ0v) is 8.74. The van der Waals surface area contributed by atoms with Crippen molar-refractivity contribution in [2.24, 2.45) is 5.92 Å². The van der Waals surface area contributed by atoms with Gasteiger partial charge in [-0.1, -0.05) is 32.3 Å². The highest BCUT2D eigenvalue weighted by molar-refractivity contribution is 5.88. The third-order valence-electron chi connectivity index (χ3n) is 3.66. The van der Waals surface area contributed by atoms with Crippen molar-refractivity contribution < 1.29 is 4.79 Å². The number of hydrogen-bond acceptors (Lipinski definition) is 1. The molecule has 0 radical (unpaired) electrons. The highest BCUT2D eigenvalue weighted by Crippen LogP contribution is 2.35. The Morgan fingerprint density at radius 2 is 1.93 bits per heavy atom. The van der Waals surface area contributed by atoms with E-state index in [1.807, 2.05) is 4.90 Å². The Morgan fingerprint density at radius 3 is 2.64 bits per heavy atom. The van der Waals surface area contributed by atoms with Crippen molar-refractivity contribution in [3.8, 4) is 0 Å². The predicted molar refractivity (Wildman–Crippen MR) is 56.9 cm³/mol. The van der Waals surface area contributed by atoms with Gasteiger partial charge < -0.3 is 4.90 Å². The van der Waals surface area contributed by atoms with Crippen LogP contribution in [-0.2, 0) is 4.79 Å². The predicted octanol–water partition coefficient (Wildman–Crippen LogP) is 2.35. The van der Waals surface area contributed by atoms with E-state index in [9.17, 15) is 4.79 Å². The molecule has 1 aliphatic heterocycles. The van der Waals surface area contributed by atoms with Crippen LogP contribution >= 0.6 is 0 Å². The van der Waals surface area contributed by atoms with E-state index in [2.05, 4.69) is 6.58 Å². The van der Waals surface area contributed by atoms with E-state index in [1.165, 1.54) is 44.6 Å². The fourth-order valence-electron chi connectivity index (χ4n) is 2.79. The molecule has 2 rings (SSSR count). The van der Waals surface area contributed by atoms with Crippen molar-refractivity contribution in [2.45, 2.75) is 44.6 Å². The number of amides is 1. The molecular formula is C12H19NO. The first-order valence-electron chi connectivity index (χ1n) is 5.76. The smallest absolute Gasteiger partial charge is 0.246 e. The van der Waals surface area contributed by atoms with Crippen molar-refractivity contribution in [1.29, 1.82) is 0 Å². The van der Waals surface area contributed by atoms with Gasteiger partial charge in [-0.25, -0.2) is 0 Å². The van der Waals surface area contributed by atoms with Gasteiger partial charge in [0.2, 0.25) is 5.91 Å². The minimum Gasteiger partial charge on any atom is -0.335 e. The molecule has 1 saturated carbocycles. The Bertz CT molecular complexity index is 236.